The van der Waals surface area contributed by atoms with Crippen LogP contribution in [0.5, 0.6) is 5.75 Å². The van der Waals surface area contributed by atoms with Gasteiger partial charge >= 0.3 is 0 Å². The fraction of sp³-hybridized carbons (Fsp3) is 0.364. The zero-order valence-electron chi connectivity index (χ0n) is 23.1. The number of ether oxygens (including phenoxy) is 2. The van der Waals surface area contributed by atoms with Crippen molar-refractivity contribution in [2.45, 2.75) is 56.4 Å². The van der Waals surface area contributed by atoms with Crippen LogP contribution in [0.3, 0.4) is 0 Å². The van der Waals surface area contributed by atoms with Crippen LogP contribution in [0, 0.1) is 11.6 Å². The lowest BCUT2D eigenvalue weighted by Crippen LogP contribution is -2.49. The van der Waals surface area contributed by atoms with Gasteiger partial charge in [-0.1, -0.05) is 42.5 Å². The van der Waals surface area contributed by atoms with Gasteiger partial charge in [0.25, 0.3) is 0 Å². The van der Waals surface area contributed by atoms with Gasteiger partial charge in [0, 0.05) is 30.6 Å². The first-order valence-corrected chi connectivity index (χ1v) is 14.1. The third-order valence-corrected chi connectivity index (χ3v) is 7.77. The van der Waals surface area contributed by atoms with E-state index in [0.717, 1.165) is 34.1 Å². The molecule has 8 heteroatoms. The Labute approximate surface area is 239 Å². The molecule has 0 unspecified atom stereocenters. The molecule has 0 saturated carbocycles. The second-order valence-electron chi connectivity index (χ2n) is 10.6. The van der Waals surface area contributed by atoms with Crippen molar-refractivity contribution >= 4 is 5.91 Å². The molecule has 3 aromatic rings. The number of hydrogen-bond acceptors (Lipinski definition) is 5. The van der Waals surface area contributed by atoms with Crippen LogP contribution in [0.4, 0.5) is 8.78 Å². The van der Waals surface area contributed by atoms with Crippen LogP contribution in [-0.4, -0.2) is 43.4 Å². The summed E-state index contributed by atoms with van der Waals surface area (Å²) in [6.07, 6.45) is 5.28. The van der Waals surface area contributed by atoms with Crippen LogP contribution in [-0.2, 0) is 16.0 Å². The molecular weight excluding hydrogens is 526 g/mol. The van der Waals surface area contributed by atoms with E-state index in [-0.39, 0.29) is 37.4 Å². The minimum atomic E-state index is -1.00. The van der Waals surface area contributed by atoms with E-state index in [0.29, 0.717) is 31.4 Å². The third kappa shape index (κ3) is 7.19. The summed E-state index contributed by atoms with van der Waals surface area (Å²) in [6, 6.07) is 16.6. The second kappa shape index (κ2) is 13.4. The predicted octanol–water partition coefficient (Wildman–Crippen LogP) is 5.56. The first kappa shape index (κ1) is 28.9. The van der Waals surface area contributed by atoms with Crippen LogP contribution in [0.25, 0.3) is 11.1 Å². The van der Waals surface area contributed by atoms with Crippen LogP contribution < -0.4 is 15.4 Å². The predicted molar refractivity (Wildman–Crippen MR) is 153 cm³/mol. The molecule has 0 radical (unpaired) electrons. The van der Waals surface area contributed by atoms with Crippen LogP contribution in [0.1, 0.15) is 54.5 Å². The van der Waals surface area contributed by atoms with E-state index in [1.165, 1.54) is 12.1 Å². The van der Waals surface area contributed by atoms with E-state index in [1.54, 1.807) is 7.11 Å². The number of amides is 1. The maximum absolute atomic E-state index is 13.9. The number of aliphatic hydroxyl groups is 1. The molecule has 3 N–H and O–H groups in total. The number of carbonyl (C=O) groups is 1. The minimum Gasteiger partial charge on any atom is -0.496 e. The van der Waals surface area contributed by atoms with Gasteiger partial charge in [-0.2, -0.15) is 0 Å². The van der Waals surface area contributed by atoms with Crippen molar-refractivity contribution in [1.29, 1.82) is 0 Å². The smallest absolute Gasteiger partial charge is 0.220 e. The first-order chi connectivity index (χ1) is 19.9. The van der Waals surface area contributed by atoms with Crippen molar-refractivity contribution in [3.05, 3.63) is 101 Å². The molecule has 6 nitrogen and oxygen atoms in total. The summed E-state index contributed by atoms with van der Waals surface area (Å²) >= 11 is 0. The van der Waals surface area contributed by atoms with Crippen molar-refractivity contribution < 1.29 is 28.2 Å². The number of methoxy groups -OCH3 is 1. The normalized spacial score (nSPS) is 24.3. The molecular formula is C33H36F2N2O4. The maximum atomic E-state index is 13.9. The molecule has 3 aromatic carbocycles. The highest BCUT2D eigenvalue weighted by atomic mass is 19.1. The van der Waals surface area contributed by atoms with Gasteiger partial charge in [0.1, 0.15) is 17.4 Å². The average Bonchev–Trinajstić information content (AvgIpc) is 3.30. The summed E-state index contributed by atoms with van der Waals surface area (Å²) in [4.78, 5) is 12.7. The van der Waals surface area contributed by atoms with Gasteiger partial charge in [-0.15, -0.1) is 0 Å². The van der Waals surface area contributed by atoms with E-state index < -0.39 is 23.8 Å². The number of allylic oxidation sites excluding steroid dienone is 1. The van der Waals surface area contributed by atoms with Gasteiger partial charge in [0.2, 0.25) is 5.91 Å². The largest absolute Gasteiger partial charge is 0.496 e. The van der Waals surface area contributed by atoms with E-state index in [4.69, 9.17) is 9.47 Å². The molecule has 216 valence electrons. The lowest BCUT2D eigenvalue weighted by atomic mass is 9.97. The molecule has 0 saturated heterocycles. The Hall–Kier alpha value is -3.59. The first-order valence-electron chi connectivity index (χ1n) is 14.1. The fourth-order valence-corrected chi connectivity index (χ4v) is 5.73. The van der Waals surface area contributed by atoms with E-state index >= 15 is 0 Å². The number of nitrogens with one attached hydrogen (secondary N) is 2. The number of β-amino-alcohol motifs (C(OH)–C–C–N with tert-alkyl or cyclic N) is 1. The van der Waals surface area contributed by atoms with Crippen molar-refractivity contribution in [3.63, 3.8) is 0 Å². The number of benzene rings is 3. The Bertz CT molecular complexity index is 1380. The maximum Gasteiger partial charge on any atom is 0.220 e. The zero-order chi connectivity index (χ0) is 28.8. The standard InChI is InChI=1S/C33H36F2N2O4/c1-40-31-9-6-5-8-25(31)22-11-12-26-27(17-22)28-19-32(26)41-13-7-3-2-4-10-33(39)37-29(30(38)20-36-28)16-21-14-23(34)18-24(35)15-21/h3,5-9,11-12,14-15,17-18,28-30,32,36,38H,2,4,10,13,16,19-20H2,1H3,(H,37,39)/b7-3+/t28-,29-,30+,32+/m0/s1. The van der Waals surface area contributed by atoms with Crippen molar-refractivity contribution in [2.75, 3.05) is 20.3 Å². The zero-order valence-corrected chi connectivity index (χ0v) is 23.1. The molecule has 0 fully saturated rings. The Morgan fingerprint density at radius 3 is 2.63 bits per heavy atom. The molecule has 2 aliphatic rings. The van der Waals surface area contributed by atoms with Gasteiger partial charge in [-0.3, -0.25) is 4.79 Å². The second-order valence-corrected chi connectivity index (χ2v) is 10.6. The molecule has 2 bridgehead atoms. The molecule has 4 atom stereocenters. The number of hydrogen-bond donors (Lipinski definition) is 3. The summed E-state index contributed by atoms with van der Waals surface area (Å²) in [5.41, 5.74) is 4.52. The van der Waals surface area contributed by atoms with Gasteiger partial charge in [-0.05, 0) is 72.2 Å². The van der Waals surface area contributed by atoms with Gasteiger partial charge in [0.15, 0.2) is 0 Å². The van der Waals surface area contributed by atoms with Crippen LogP contribution in [0.15, 0.2) is 72.8 Å². The average molecular weight is 563 g/mol. The lowest BCUT2D eigenvalue weighted by Gasteiger charge is -2.26. The molecule has 1 aliphatic carbocycles. The van der Waals surface area contributed by atoms with E-state index in [9.17, 15) is 18.7 Å². The highest BCUT2D eigenvalue weighted by molar-refractivity contribution is 5.76. The number of aliphatic hydroxyl groups excluding tert-OH is 1. The topological polar surface area (TPSA) is 79.8 Å². The molecule has 41 heavy (non-hydrogen) atoms. The van der Waals surface area contributed by atoms with E-state index in [1.807, 2.05) is 36.4 Å². The molecule has 1 heterocycles. The summed E-state index contributed by atoms with van der Waals surface area (Å²) in [5.74, 6) is -0.826. The number of fused-ring (bicyclic) bond motifs is 5. The molecule has 0 aromatic heterocycles. The monoisotopic (exact) mass is 562 g/mol. The Morgan fingerprint density at radius 1 is 1.02 bits per heavy atom. The number of para-hydroxylation sites is 1. The van der Waals surface area contributed by atoms with Gasteiger partial charge < -0.3 is 25.2 Å². The minimum absolute atomic E-state index is 0.0914. The quantitative estimate of drug-likeness (QED) is 0.363. The third-order valence-electron chi connectivity index (χ3n) is 7.77. The Morgan fingerprint density at radius 2 is 1.83 bits per heavy atom. The summed E-state index contributed by atoms with van der Waals surface area (Å²) in [6.45, 7) is 0.630. The molecule has 1 amide bonds. The fourth-order valence-electron chi connectivity index (χ4n) is 5.73. The lowest BCUT2D eigenvalue weighted by molar-refractivity contribution is -0.122. The number of halogens is 2. The number of carbonyl (C=O) groups excluding carboxylic acids is 1. The van der Waals surface area contributed by atoms with E-state index in [2.05, 4.69) is 28.8 Å². The number of rotatable bonds is 4. The van der Waals surface area contributed by atoms with Crippen molar-refractivity contribution in [3.8, 4) is 16.9 Å². The molecule has 0 spiro atoms. The summed E-state index contributed by atoms with van der Waals surface area (Å²) in [7, 11) is 1.65. The van der Waals surface area contributed by atoms with Gasteiger partial charge in [-0.25, -0.2) is 8.78 Å². The summed E-state index contributed by atoms with van der Waals surface area (Å²) < 4.78 is 39.6. The SMILES string of the molecule is COc1ccccc1-c1ccc2c(c1)[C@@H]1C[C@H]2OC/C=C/CCCC(=O)N[C@@H](Cc2cc(F)cc(F)c2)[C@H](O)CN1. The Balaban J connectivity index is 1.42. The van der Waals surface area contributed by atoms with Gasteiger partial charge in [0.05, 0.1) is 32.0 Å². The van der Waals surface area contributed by atoms with Crippen LogP contribution in [0.2, 0.25) is 0 Å². The van der Waals surface area contributed by atoms with Crippen molar-refractivity contribution in [2.24, 2.45) is 0 Å². The highest BCUT2D eigenvalue weighted by Crippen LogP contribution is 2.43. The summed E-state index contributed by atoms with van der Waals surface area (Å²) in [5, 5.41) is 17.6. The molecule has 5 rings (SSSR count). The van der Waals surface area contributed by atoms with Crippen molar-refractivity contribution in [1.82, 2.24) is 10.6 Å². The molecule has 1 aliphatic heterocycles. The Kier molecular flexibility index (Phi) is 9.44. The highest BCUT2D eigenvalue weighted by Gasteiger charge is 2.33. The van der Waals surface area contributed by atoms with Crippen LogP contribution >= 0.6 is 0 Å².